The molecule has 0 heterocycles. The molecule has 7 nitrogen and oxygen atoms in total. The molecule has 9 heteroatoms. The summed E-state index contributed by atoms with van der Waals surface area (Å²) >= 11 is 5.73. The van der Waals surface area contributed by atoms with Crippen LogP contribution in [-0.2, 0) is 14.8 Å². The van der Waals surface area contributed by atoms with E-state index in [0.717, 1.165) is 0 Å². The summed E-state index contributed by atoms with van der Waals surface area (Å²) in [6, 6.07) is 11.8. The van der Waals surface area contributed by atoms with Crippen molar-refractivity contribution in [2.75, 3.05) is 6.61 Å². The molecule has 0 aliphatic rings. The lowest BCUT2D eigenvalue weighted by atomic mass is 10.2. The first kappa shape index (κ1) is 18.9. The maximum absolute atomic E-state index is 12.1. The van der Waals surface area contributed by atoms with E-state index < -0.39 is 22.5 Å². The molecule has 0 aliphatic heterocycles. The average Bonchev–Trinajstić information content (AvgIpc) is 2.59. The normalized spacial score (nSPS) is 11.0. The van der Waals surface area contributed by atoms with Crippen LogP contribution in [0, 0.1) is 0 Å². The van der Waals surface area contributed by atoms with E-state index in [9.17, 15) is 18.0 Å². The summed E-state index contributed by atoms with van der Waals surface area (Å²) in [5, 5.41) is 0.525. The minimum Gasteiger partial charge on any atom is -0.484 e. The van der Waals surface area contributed by atoms with Gasteiger partial charge in [-0.2, -0.15) is 0 Å². The number of carbonyl (C=O) groups excluding carboxylic acids is 2. The van der Waals surface area contributed by atoms with Gasteiger partial charge in [0.15, 0.2) is 12.4 Å². The molecule has 0 radical (unpaired) electrons. The highest BCUT2D eigenvalue weighted by molar-refractivity contribution is 7.89. The zero-order chi connectivity index (χ0) is 18.4. The lowest BCUT2D eigenvalue weighted by Gasteiger charge is -2.10. The molecule has 2 N–H and O–H groups in total. The first-order valence-electron chi connectivity index (χ1n) is 7.08. The number of hydrazine groups is 1. The fourth-order valence-corrected chi connectivity index (χ4v) is 2.81. The monoisotopic (exact) mass is 382 g/mol. The highest BCUT2D eigenvalue weighted by Crippen LogP contribution is 2.15. The van der Waals surface area contributed by atoms with Gasteiger partial charge in [-0.25, -0.2) is 8.42 Å². The molecule has 0 fully saturated rings. The molecule has 0 atom stereocenters. The number of hydrogen-bond acceptors (Lipinski definition) is 5. The maximum Gasteiger partial charge on any atom is 0.272 e. The second-order valence-corrected chi connectivity index (χ2v) is 7.10. The number of nitrogens with one attached hydrogen (secondary N) is 2. The average molecular weight is 383 g/mol. The van der Waals surface area contributed by atoms with Gasteiger partial charge in [0.2, 0.25) is 0 Å². The summed E-state index contributed by atoms with van der Waals surface area (Å²) in [7, 11) is -4.01. The predicted molar refractivity (Wildman–Crippen MR) is 91.9 cm³/mol. The second kappa shape index (κ2) is 8.11. The Morgan fingerprint density at radius 1 is 1.12 bits per heavy atom. The molecule has 0 unspecified atom stereocenters. The summed E-state index contributed by atoms with van der Waals surface area (Å²) < 4.78 is 29.5. The third-order valence-electron chi connectivity index (χ3n) is 3.06. The molecular formula is C16H15ClN2O5S. The van der Waals surface area contributed by atoms with Crippen LogP contribution in [0.4, 0.5) is 0 Å². The van der Waals surface area contributed by atoms with Gasteiger partial charge in [0.25, 0.3) is 15.9 Å². The van der Waals surface area contributed by atoms with E-state index in [1.54, 1.807) is 24.3 Å². The minimum atomic E-state index is -4.01. The molecule has 0 saturated heterocycles. The van der Waals surface area contributed by atoms with Crippen LogP contribution in [-0.4, -0.2) is 26.7 Å². The fourth-order valence-electron chi connectivity index (χ4n) is 1.78. The van der Waals surface area contributed by atoms with E-state index in [4.69, 9.17) is 16.3 Å². The van der Waals surface area contributed by atoms with Gasteiger partial charge in [0, 0.05) is 10.6 Å². The number of halogens is 1. The molecule has 2 rings (SSSR count). The highest BCUT2D eigenvalue weighted by atomic mass is 35.5. The first-order valence-corrected chi connectivity index (χ1v) is 8.94. The molecule has 0 spiro atoms. The number of carbonyl (C=O) groups is 2. The Hall–Kier alpha value is -2.42. The molecule has 132 valence electrons. The predicted octanol–water partition coefficient (Wildman–Crippen LogP) is 1.93. The molecule has 0 bridgehead atoms. The van der Waals surface area contributed by atoms with Crippen LogP contribution in [0.3, 0.4) is 0 Å². The number of Topliss-reactive ketones (excluding diaryl/α,β-unsaturated/α-hetero) is 1. The van der Waals surface area contributed by atoms with E-state index in [1.807, 2.05) is 10.3 Å². The van der Waals surface area contributed by atoms with Gasteiger partial charge in [0.1, 0.15) is 5.75 Å². The topological polar surface area (TPSA) is 102 Å². The molecular weight excluding hydrogens is 368 g/mol. The molecule has 2 aromatic carbocycles. The maximum atomic E-state index is 12.1. The summed E-state index contributed by atoms with van der Waals surface area (Å²) in [6.45, 7) is 0.937. The van der Waals surface area contributed by atoms with Crippen molar-refractivity contribution in [1.29, 1.82) is 0 Å². The van der Waals surface area contributed by atoms with Crippen molar-refractivity contribution in [2.24, 2.45) is 0 Å². The van der Waals surface area contributed by atoms with Crippen molar-refractivity contribution in [3.8, 4) is 5.75 Å². The van der Waals surface area contributed by atoms with Gasteiger partial charge in [-0.1, -0.05) is 23.7 Å². The van der Waals surface area contributed by atoms with Gasteiger partial charge in [-0.3, -0.25) is 15.0 Å². The van der Waals surface area contributed by atoms with Crippen LogP contribution < -0.4 is 15.0 Å². The minimum absolute atomic E-state index is 0.140. The summed E-state index contributed by atoms with van der Waals surface area (Å²) in [4.78, 5) is 24.8. The van der Waals surface area contributed by atoms with E-state index in [1.165, 1.54) is 31.2 Å². The Morgan fingerprint density at radius 3 is 2.44 bits per heavy atom. The second-order valence-electron chi connectivity index (χ2n) is 4.98. The van der Waals surface area contributed by atoms with E-state index in [0.29, 0.717) is 10.8 Å². The quantitative estimate of drug-likeness (QED) is 0.562. The van der Waals surface area contributed by atoms with Crippen molar-refractivity contribution in [3.63, 3.8) is 0 Å². The summed E-state index contributed by atoms with van der Waals surface area (Å²) in [5.74, 6) is -0.546. The lowest BCUT2D eigenvalue weighted by Crippen LogP contribution is -2.43. The van der Waals surface area contributed by atoms with E-state index in [2.05, 4.69) is 0 Å². The third kappa shape index (κ3) is 5.56. The molecule has 0 aliphatic carbocycles. The smallest absolute Gasteiger partial charge is 0.272 e. The first-order chi connectivity index (χ1) is 11.8. The van der Waals surface area contributed by atoms with Crippen LogP contribution in [0.15, 0.2) is 53.4 Å². The van der Waals surface area contributed by atoms with Crippen LogP contribution in [0.2, 0.25) is 5.02 Å². The number of hydrogen-bond donors (Lipinski definition) is 2. The molecule has 2 aromatic rings. The van der Waals surface area contributed by atoms with Gasteiger partial charge in [-0.05, 0) is 43.3 Å². The Morgan fingerprint density at radius 2 is 1.80 bits per heavy atom. The zero-order valence-corrected chi connectivity index (χ0v) is 14.7. The fraction of sp³-hybridized carbons (Fsp3) is 0.125. The number of benzene rings is 2. The van der Waals surface area contributed by atoms with Gasteiger partial charge in [-0.15, -0.1) is 4.83 Å². The van der Waals surface area contributed by atoms with Crippen molar-refractivity contribution >= 4 is 33.3 Å². The largest absolute Gasteiger partial charge is 0.484 e. The number of ether oxygens (including phenoxy) is 1. The summed E-state index contributed by atoms with van der Waals surface area (Å²) in [5.41, 5.74) is 2.29. The Bertz CT molecular complexity index is 882. The molecule has 25 heavy (non-hydrogen) atoms. The van der Waals surface area contributed by atoms with E-state index >= 15 is 0 Å². The van der Waals surface area contributed by atoms with Crippen LogP contribution >= 0.6 is 11.6 Å². The third-order valence-corrected chi connectivity index (χ3v) is 4.56. The van der Waals surface area contributed by atoms with Crippen molar-refractivity contribution in [1.82, 2.24) is 10.3 Å². The van der Waals surface area contributed by atoms with Crippen LogP contribution in [0.1, 0.15) is 17.3 Å². The Balaban J connectivity index is 1.92. The lowest BCUT2D eigenvalue weighted by molar-refractivity contribution is -0.123. The van der Waals surface area contributed by atoms with Crippen LogP contribution in [0.5, 0.6) is 5.75 Å². The molecule has 0 saturated carbocycles. The van der Waals surface area contributed by atoms with Gasteiger partial charge >= 0.3 is 0 Å². The SMILES string of the molecule is CC(=O)c1cccc(S(=O)(=O)NNC(=O)COc2ccc(Cl)cc2)c1. The highest BCUT2D eigenvalue weighted by Gasteiger charge is 2.16. The van der Waals surface area contributed by atoms with Crippen LogP contribution in [0.25, 0.3) is 0 Å². The van der Waals surface area contributed by atoms with Crippen molar-refractivity contribution in [3.05, 3.63) is 59.1 Å². The standard InChI is InChI=1S/C16H15ClN2O5S/c1-11(20)12-3-2-4-15(9-12)25(22,23)19-18-16(21)10-24-14-7-5-13(17)6-8-14/h2-9,19H,10H2,1H3,(H,18,21). The molecule has 1 amide bonds. The number of sulfonamides is 1. The number of ketones is 1. The van der Waals surface area contributed by atoms with Gasteiger partial charge in [0.05, 0.1) is 4.90 Å². The number of amides is 1. The number of rotatable bonds is 7. The zero-order valence-electron chi connectivity index (χ0n) is 13.2. The van der Waals surface area contributed by atoms with Crippen molar-refractivity contribution in [2.45, 2.75) is 11.8 Å². The van der Waals surface area contributed by atoms with Gasteiger partial charge < -0.3 is 4.74 Å². The van der Waals surface area contributed by atoms with E-state index in [-0.39, 0.29) is 16.2 Å². The molecule has 0 aromatic heterocycles. The Labute approximate surface area is 150 Å². The van der Waals surface area contributed by atoms with Crippen molar-refractivity contribution < 1.29 is 22.7 Å². The summed E-state index contributed by atoms with van der Waals surface area (Å²) in [6.07, 6.45) is 0. The Kier molecular flexibility index (Phi) is 6.13.